The van der Waals surface area contributed by atoms with Crippen LogP contribution in [-0.4, -0.2) is 65.7 Å². The molecule has 0 aliphatic carbocycles. The molecule has 1 saturated heterocycles. The number of thioether (sulfide) groups is 2. The van der Waals surface area contributed by atoms with Crippen LogP contribution in [0.5, 0.6) is 0 Å². The summed E-state index contributed by atoms with van der Waals surface area (Å²) in [6.07, 6.45) is 1.88. The fourth-order valence-electron chi connectivity index (χ4n) is 6.42. The number of fused-ring (bicyclic) bond motifs is 1. The van der Waals surface area contributed by atoms with E-state index in [1.165, 1.54) is 28.4 Å². The number of hydrogen-bond acceptors (Lipinski definition) is 8. The molecular weight excluding hydrogens is 657 g/mol. The number of carbonyl (C=O) groups is 3. The van der Waals surface area contributed by atoms with Crippen molar-refractivity contribution in [2.24, 2.45) is 5.73 Å². The lowest BCUT2D eigenvalue weighted by Gasteiger charge is -2.49. The summed E-state index contributed by atoms with van der Waals surface area (Å²) in [6.45, 7) is 0. The lowest BCUT2D eigenvalue weighted by atomic mass is 9.77. The zero-order chi connectivity index (χ0) is 34.0. The third kappa shape index (κ3) is 5.92. The highest BCUT2D eigenvalue weighted by Gasteiger charge is 2.54. The van der Waals surface area contributed by atoms with Gasteiger partial charge in [-0.2, -0.15) is 0 Å². The third-order valence-corrected chi connectivity index (χ3v) is 11.1. The number of aromatic nitrogens is 3. The van der Waals surface area contributed by atoms with Gasteiger partial charge in [0.2, 0.25) is 5.91 Å². The zero-order valence-corrected chi connectivity index (χ0v) is 27.8. The number of rotatable bonds is 11. The van der Waals surface area contributed by atoms with Crippen LogP contribution in [0, 0.1) is 0 Å². The van der Waals surface area contributed by atoms with Crippen molar-refractivity contribution < 1.29 is 19.5 Å². The van der Waals surface area contributed by atoms with Gasteiger partial charge in [0.25, 0.3) is 5.91 Å². The Kier molecular flexibility index (Phi) is 9.09. The standard InChI is InChI=1S/C37H32N6O4S2/c38-30(24-13-5-1-6-14-24)33(44)39-31-34(45)43-32(36(46)47)25(23-49-35(31)43)22-48-29-21-42(41-40-29)37(26-15-7-2-8-16-26,27-17-9-3-10-18-27)28-19-11-4-12-20-28/h1-21,30-31,35H,22-23,38H2,(H,39,44)(H,46,47)/t30-,31-,35-/m1/s1. The van der Waals surface area contributed by atoms with Gasteiger partial charge in [-0.05, 0) is 27.8 Å². The van der Waals surface area contributed by atoms with E-state index in [1.54, 1.807) is 24.3 Å². The van der Waals surface area contributed by atoms with Crippen molar-refractivity contribution in [2.45, 2.75) is 28.0 Å². The van der Waals surface area contributed by atoms with Crippen LogP contribution in [0.4, 0.5) is 0 Å². The monoisotopic (exact) mass is 688 g/mol. The molecule has 0 bridgehead atoms. The largest absolute Gasteiger partial charge is 0.477 e. The van der Waals surface area contributed by atoms with Gasteiger partial charge in [0.1, 0.15) is 33.7 Å². The molecule has 0 unspecified atom stereocenters. The topological polar surface area (TPSA) is 143 Å². The zero-order valence-electron chi connectivity index (χ0n) is 26.1. The molecule has 1 aromatic heterocycles. The quantitative estimate of drug-likeness (QED) is 0.103. The predicted molar refractivity (Wildman–Crippen MR) is 188 cm³/mol. The summed E-state index contributed by atoms with van der Waals surface area (Å²) in [5, 5.41) is 22.2. The van der Waals surface area contributed by atoms with E-state index in [9.17, 15) is 19.5 Å². The molecule has 0 spiro atoms. The van der Waals surface area contributed by atoms with Crippen molar-refractivity contribution >= 4 is 41.3 Å². The van der Waals surface area contributed by atoms with Crippen LogP contribution in [0.15, 0.2) is 144 Å². The lowest BCUT2D eigenvalue weighted by molar-refractivity contribution is -0.150. The fourth-order valence-corrected chi connectivity index (χ4v) is 8.73. The highest BCUT2D eigenvalue weighted by atomic mass is 32.2. The number of carboxylic acid groups (broad SMARTS) is 1. The van der Waals surface area contributed by atoms with Crippen molar-refractivity contribution in [1.29, 1.82) is 0 Å². The van der Waals surface area contributed by atoms with Crippen LogP contribution < -0.4 is 11.1 Å². The van der Waals surface area contributed by atoms with E-state index in [-0.39, 0.29) is 11.4 Å². The Morgan fingerprint density at radius 2 is 1.43 bits per heavy atom. The highest BCUT2D eigenvalue weighted by Crippen LogP contribution is 2.43. The first-order valence-corrected chi connectivity index (χ1v) is 17.7. The molecule has 3 heterocycles. The molecule has 10 nitrogen and oxygen atoms in total. The molecule has 2 aliphatic rings. The van der Waals surface area contributed by atoms with Gasteiger partial charge in [0.15, 0.2) is 0 Å². The molecule has 2 amide bonds. The molecule has 4 N–H and O–H groups in total. The van der Waals surface area contributed by atoms with Crippen LogP contribution in [-0.2, 0) is 19.9 Å². The number of nitrogens with two attached hydrogens (primary N) is 1. The summed E-state index contributed by atoms with van der Waals surface area (Å²) in [5.74, 6) is -1.51. The van der Waals surface area contributed by atoms with Gasteiger partial charge in [-0.15, -0.1) is 16.9 Å². The molecular formula is C37H32N6O4S2. The van der Waals surface area contributed by atoms with Crippen molar-refractivity contribution in [3.05, 3.63) is 161 Å². The summed E-state index contributed by atoms with van der Waals surface area (Å²) < 4.78 is 1.86. The maximum atomic E-state index is 13.3. The van der Waals surface area contributed by atoms with Crippen molar-refractivity contribution in [3.63, 3.8) is 0 Å². The molecule has 4 aromatic carbocycles. The average molecular weight is 689 g/mol. The lowest BCUT2D eigenvalue weighted by Crippen LogP contribution is -2.71. The molecule has 246 valence electrons. The number of amides is 2. The van der Waals surface area contributed by atoms with E-state index in [1.807, 2.05) is 71.5 Å². The van der Waals surface area contributed by atoms with Crippen molar-refractivity contribution in [1.82, 2.24) is 25.2 Å². The van der Waals surface area contributed by atoms with E-state index in [0.717, 1.165) is 16.7 Å². The number of hydrogen-bond donors (Lipinski definition) is 3. The van der Waals surface area contributed by atoms with E-state index >= 15 is 0 Å². The Morgan fingerprint density at radius 3 is 1.96 bits per heavy atom. The van der Waals surface area contributed by atoms with Gasteiger partial charge in [-0.25, -0.2) is 9.48 Å². The maximum Gasteiger partial charge on any atom is 0.352 e. The minimum absolute atomic E-state index is 0.0568. The first-order valence-electron chi connectivity index (χ1n) is 15.6. The summed E-state index contributed by atoms with van der Waals surface area (Å²) in [6, 6.07) is 37.4. The molecule has 2 aliphatic heterocycles. The summed E-state index contributed by atoms with van der Waals surface area (Å²) in [4.78, 5) is 40.0. The Hall–Kier alpha value is -5.17. The Labute approximate surface area is 291 Å². The summed E-state index contributed by atoms with van der Waals surface area (Å²) in [7, 11) is 0. The maximum absolute atomic E-state index is 13.3. The van der Waals surface area contributed by atoms with Gasteiger partial charge < -0.3 is 16.2 Å². The number of benzene rings is 4. The second-order valence-electron chi connectivity index (χ2n) is 11.6. The normalized spacial score (nSPS) is 18.0. The Balaban J connectivity index is 1.14. The number of β-lactam (4-membered cyclic amide) rings is 1. The number of nitrogens with zero attached hydrogens (tertiary/aromatic N) is 4. The Bertz CT molecular complexity index is 1910. The first-order chi connectivity index (χ1) is 23.9. The number of nitrogens with one attached hydrogen (secondary N) is 1. The molecule has 5 aromatic rings. The van der Waals surface area contributed by atoms with Crippen LogP contribution >= 0.6 is 23.5 Å². The van der Waals surface area contributed by atoms with Crippen LogP contribution in [0.25, 0.3) is 0 Å². The number of carbonyl (C=O) groups excluding carboxylic acids is 2. The highest BCUT2D eigenvalue weighted by molar-refractivity contribution is 8.01. The number of aliphatic carboxylic acids is 1. The van der Waals surface area contributed by atoms with Crippen LogP contribution in [0.2, 0.25) is 0 Å². The molecule has 0 saturated carbocycles. The summed E-state index contributed by atoms with van der Waals surface area (Å²) >= 11 is 2.77. The minimum atomic E-state index is -1.19. The second kappa shape index (κ2) is 13.7. The smallest absolute Gasteiger partial charge is 0.352 e. The van der Waals surface area contributed by atoms with Gasteiger partial charge in [0.05, 0.1) is 6.20 Å². The van der Waals surface area contributed by atoms with Crippen LogP contribution in [0.1, 0.15) is 28.3 Å². The SMILES string of the molecule is N[C@@H](C(=O)N[C@@H]1C(=O)N2C(C(=O)O)=C(CSc3cn(C(c4ccccc4)(c4ccccc4)c4ccccc4)nn3)CS[C@H]12)c1ccccc1. The van der Waals surface area contributed by atoms with E-state index in [2.05, 4.69) is 52.0 Å². The van der Waals surface area contributed by atoms with Crippen molar-refractivity contribution in [2.75, 3.05) is 11.5 Å². The third-order valence-electron chi connectivity index (χ3n) is 8.77. The average Bonchev–Trinajstić information content (AvgIpc) is 3.63. The van der Waals surface area contributed by atoms with Gasteiger partial charge in [-0.3, -0.25) is 14.5 Å². The van der Waals surface area contributed by atoms with Gasteiger partial charge in [-0.1, -0.05) is 138 Å². The minimum Gasteiger partial charge on any atom is -0.477 e. The van der Waals surface area contributed by atoms with E-state index in [4.69, 9.17) is 5.73 Å². The fraction of sp³-hybridized carbons (Fsp3) is 0.162. The molecule has 7 rings (SSSR count). The van der Waals surface area contributed by atoms with Gasteiger partial charge in [0, 0.05) is 11.5 Å². The van der Waals surface area contributed by atoms with Crippen molar-refractivity contribution in [3.8, 4) is 0 Å². The van der Waals surface area contributed by atoms with Gasteiger partial charge >= 0.3 is 5.97 Å². The molecule has 0 radical (unpaired) electrons. The van der Waals surface area contributed by atoms with Crippen LogP contribution in [0.3, 0.4) is 0 Å². The van der Waals surface area contributed by atoms with E-state index in [0.29, 0.717) is 21.9 Å². The Morgan fingerprint density at radius 1 is 0.898 bits per heavy atom. The molecule has 12 heteroatoms. The number of carboxylic acids is 1. The molecule has 1 fully saturated rings. The first kappa shape index (κ1) is 32.4. The molecule has 3 atom stereocenters. The predicted octanol–water partition coefficient (Wildman–Crippen LogP) is 4.65. The molecule has 49 heavy (non-hydrogen) atoms. The second-order valence-corrected chi connectivity index (χ2v) is 13.7. The van der Waals surface area contributed by atoms with E-state index < -0.39 is 40.8 Å². The summed E-state index contributed by atoms with van der Waals surface area (Å²) in [5.41, 5.74) is 9.47.